The van der Waals surface area contributed by atoms with Gasteiger partial charge in [0.1, 0.15) is 0 Å². The summed E-state index contributed by atoms with van der Waals surface area (Å²) in [7, 11) is 0. The first-order valence-corrected chi connectivity index (χ1v) is 10.1. The molecular weight excluding hydrogens is 398 g/mol. The molecule has 0 bridgehead atoms. The van der Waals surface area contributed by atoms with Crippen LogP contribution in [0.25, 0.3) is 0 Å². The lowest BCUT2D eigenvalue weighted by Gasteiger charge is -2.10. The van der Waals surface area contributed by atoms with Crippen LogP contribution in [-0.4, -0.2) is 18.4 Å². The third-order valence-corrected chi connectivity index (χ3v) is 4.97. The number of hydrogen-bond donors (Lipinski definition) is 3. The first-order chi connectivity index (χ1) is 14.5. The highest BCUT2D eigenvalue weighted by Gasteiger charge is 2.06. The van der Waals surface area contributed by atoms with E-state index in [1.165, 1.54) is 0 Å². The van der Waals surface area contributed by atoms with Gasteiger partial charge >= 0.3 is 0 Å². The molecule has 0 radical (unpaired) electrons. The minimum Gasteiger partial charge on any atom is -0.376 e. The van der Waals surface area contributed by atoms with Crippen molar-refractivity contribution in [1.29, 1.82) is 0 Å². The van der Waals surface area contributed by atoms with Crippen molar-refractivity contribution in [2.75, 3.05) is 22.5 Å². The van der Waals surface area contributed by atoms with Crippen LogP contribution in [0.3, 0.4) is 0 Å². The van der Waals surface area contributed by atoms with Crippen molar-refractivity contribution < 1.29 is 9.59 Å². The van der Waals surface area contributed by atoms with Crippen LogP contribution in [-0.2, 0) is 16.0 Å². The van der Waals surface area contributed by atoms with Gasteiger partial charge in [-0.1, -0.05) is 48.0 Å². The fourth-order valence-corrected chi connectivity index (χ4v) is 3.03. The van der Waals surface area contributed by atoms with Crippen LogP contribution in [0.15, 0.2) is 72.8 Å². The molecule has 0 aliphatic carbocycles. The highest BCUT2D eigenvalue weighted by Crippen LogP contribution is 2.20. The van der Waals surface area contributed by atoms with Crippen molar-refractivity contribution in [1.82, 2.24) is 0 Å². The molecular formula is C24H24ClN3O2. The number of nitrogens with one attached hydrogen (secondary N) is 3. The second-order valence-corrected chi connectivity index (χ2v) is 7.38. The molecule has 3 rings (SSSR count). The molecule has 0 saturated carbocycles. The zero-order chi connectivity index (χ0) is 21.3. The summed E-state index contributed by atoms with van der Waals surface area (Å²) in [6, 6.07) is 22.5. The number of carbonyl (C=O) groups is 2. The Balaban J connectivity index is 1.43. The van der Waals surface area contributed by atoms with Crippen molar-refractivity contribution in [2.45, 2.75) is 19.8 Å². The largest absolute Gasteiger partial charge is 0.376 e. The maximum atomic E-state index is 12.1. The lowest BCUT2D eigenvalue weighted by Crippen LogP contribution is -2.21. The molecule has 3 aromatic rings. The molecule has 154 valence electrons. The van der Waals surface area contributed by atoms with E-state index in [-0.39, 0.29) is 18.4 Å². The van der Waals surface area contributed by atoms with E-state index in [4.69, 9.17) is 11.6 Å². The Hall–Kier alpha value is -3.31. The van der Waals surface area contributed by atoms with Crippen molar-refractivity contribution in [3.8, 4) is 0 Å². The summed E-state index contributed by atoms with van der Waals surface area (Å²) in [6.07, 6.45) is 1.11. The van der Waals surface area contributed by atoms with Gasteiger partial charge in [0, 0.05) is 28.5 Å². The second kappa shape index (κ2) is 10.5. The predicted octanol–water partition coefficient (Wildman–Crippen LogP) is 5.27. The molecule has 0 atom stereocenters. The third-order valence-electron chi connectivity index (χ3n) is 4.56. The Morgan fingerprint density at radius 1 is 0.800 bits per heavy atom. The van der Waals surface area contributed by atoms with Gasteiger partial charge in [-0.3, -0.25) is 9.59 Å². The summed E-state index contributed by atoms with van der Waals surface area (Å²) in [4.78, 5) is 24.3. The van der Waals surface area contributed by atoms with E-state index in [0.717, 1.165) is 16.8 Å². The second-order valence-electron chi connectivity index (χ2n) is 6.98. The summed E-state index contributed by atoms with van der Waals surface area (Å²) < 4.78 is 0. The van der Waals surface area contributed by atoms with Gasteiger partial charge in [0.05, 0.1) is 6.54 Å². The predicted molar refractivity (Wildman–Crippen MR) is 123 cm³/mol. The lowest BCUT2D eigenvalue weighted by atomic mass is 10.1. The molecule has 0 aliphatic rings. The number of aryl methyl sites for hydroxylation is 2. The summed E-state index contributed by atoms with van der Waals surface area (Å²) >= 11 is 6.09. The Labute approximate surface area is 181 Å². The Kier molecular flexibility index (Phi) is 7.46. The van der Waals surface area contributed by atoms with E-state index >= 15 is 0 Å². The number of anilines is 3. The highest BCUT2D eigenvalue weighted by molar-refractivity contribution is 6.31. The van der Waals surface area contributed by atoms with Gasteiger partial charge < -0.3 is 16.0 Å². The number of rotatable bonds is 8. The molecule has 6 heteroatoms. The fourth-order valence-electron chi connectivity index (χ4n) is 2.85. The van der Waals surface area contributed by atoms with Crippen LogP contribution in [0.2, 0.25) is 5.02 Å². The average Bonchev–Trinajstić information content (AvgIpc) is 2.75. The average molecular weight is 422 g/mol. The lowest BCUT2D eigenvalue weighted by molar-refractivity contribution is -0.116. The van der Waals surface area contributed by atoms with E-state index in [2.05, 4.69) is 16.0 Å². The molecule has 0 fully saturated rings. The van der Waals surface area contributed by atoms with Gasteiger partial charge in [-0.15, -0.1) is 0 Å². The van der Waals surface area contributed by atoms with Crippen molar-refractivity contribution >= 4 is 40.5 Å². The number of carbonyl (C=O) groups excluding carboxylic acids is 2. The summed E-state index contributed by atoms with van der Waals surface area (Å²) in [5.41, 5.74) is 4.25. The molecule has 0 aromatic heterocycles. The van der Waals surface area contributed by atoms with Crippen LogP contribution in [0, 0.1) is 6.92 Å². The minimum absolute atomic E-state index is 0.0448. The molecule has 0 aliphatic heterocycles. The number of hydrogen-bond acceptors (Lipinski definition) is 3. The Morgan fingerprint density at radius 2 is 1.40 bits per heavy atom. The van der Waals surface area contributed by atoms with E-state index in [1.54, 1.807) is 30.3 Å². The molecule has 0 saturated heterocycles. The van der Waals surface area contributed by atoms with E-state index in [0.29, 0.717) is 29.2 Å². The molecule has 0 heterocycles. The Morgan fingerprint density at radius 3 is 2.03 bits per heavy atom. The molecule has 0 unspecified atom stereocenters. The topological polar surface area (TPSA) is 70.2 Å². The molecule has 2 amide bonds. The van der Waals surface area contributed by atoms with Crippen LogP contribution in [0.1, 0.15) is 17.5 Å². The monoisotopic (exact) mass is 421 g/mol. The smallest absolute Gasteiger partial charge is 0.243 e. The summed E-state index contributed by atoms with van der Waals surface area (Å²) in [5.74, 6) is -0.219. The van der Waals surface area contributed by atoms with Gasteiger partial charge in [0.15, 0.2) is 0 Å². The summed E-state index contributed by atoms with van der Waals surface area (Å²) in [5, 5.41) is 9.39. The highest BCUT2D eigenvalue weighted by atomic mass is 35.5. The molecule has 3 N–H and O–H groups in total. The Bertz CT molecular complexity index is 1000. The zero-order valence-corrected chi connectivity index (χ0v) is 17.5. The normalized spacial score (nSPS) is 10.3. The first kappa shape index (κ1) is 21.4. The van der Waals surface area contributed by atoms with Gasteiger partial charge in [-0.05, 0) is 60.9 Å². The maximum Gasteiger partial charge on any atom is 0.243 e. The van der Waals surface area contributed by atoms with Crippen LogP contribution in [0.5, 0.6) is 0 Å². The van der Waals surface area contributed by atoms with Crippen LogP contribution < -0.4 is 16.0 Å². The molecule has 5 nitrogen and oxygen atoms in total. The van der Waals surface area contributed by atoms with Crippen LogP contribution >= 0.6 is 11.6 Å². The first-order valence-electron chi connectivity index (χ1n) is 9.73. The standard InChI is InChI=1S/C24H24ClN3O2/c1-17-7-9-21(15-22(17)25)26-16-24(30)28-20-12-10-19(11-13-20)27-23(29)14-8-18-5-3-2-4-6-18/h2-7,9-13,15,26H,8,14,16H2,1H3,(H,27,29)(H,28,30). The maximum absolute atomic E-state index is 12.1. The quantitative estimate of drug-likeness (QED) is 0.464. The van der Waals surface area contributed by atoms with E-state index in [1.807, 2.05) is 49.4 Å². The third kappa shape index (κ3) is 6.64. The van der Waals surface area contributed by atoms with Gasteiger partial charge in [-0.25, -0.2) is 0 Å². The van der Waals surface area contributed by atoms with Gasteiger partial charge in [0.2, 0.25) is 11.8 Å². The van der Waals surface area contributed by atoms with E-state index < -0.39 is 0 Å². The fraction of sp³-hybridized carbons (Fsp3) is 0.167. The van der Waals surface area contributed by atoms with E-state index in [9.17, 15) is 9.59 Å². The molecule has 0 spiro atoms. The zero-order valence-electron chi connectivity index (χ0n) is 16.7. The molecule has 30 heavy (non-hydrogen) atoms. The summed E-state index contributed by atoms with van der Waals surface area (Å²) in [6.45, 7) is 2.05. The van der Waals surface area contributed by atoms with Crippen molar-refractivity contribution in [2.24, 2.45) is 0 Å². The SMILES string of the molecule is Cc1ccc(NCC(=O)Nc2ccc(NC(=O)CCc3ccccc3)cc2)cc1Cl. The molecule has 3 aromatic carbocycles. The number of amides is 2. The van der Waals surface area contributed by atoms with Crippen molar-refractivity contribution in [3.05, 3.63) is 88.9 Å². The number of benzene rings is 3. The van der Waals surface area contributed by atoms with Gasteiger partial charge in [-0.2, -0.15) is 0 Å². The van der Waals surface area contributed by atoms with Gasteiger partial charge in [0.25, 0.3) is 0 Å². The minimum atomic E-state index is -0.175. The van der Waals surface area contributed by atoms with Crippen molar-refractivity contribution in [3.63, 3.8) is 0 Å². The number of halogens is 1. The van der Waals surface area contributed by atoms with Crippen LogP contribution in [0.4, 0.5) is 17.1 Å².